The van der Waals surface area contributed by atoms with E-state index in [9.17, 15) is 28.8 Å². The molecule has 0 fully saturated rings. The van der Waals surface area contributed by atoms with Crippen LogP contribution in [0.15, 0.2) is 24.3 Å². The van der Waals surface area contributed by atoms with Crippen molar-refractivity contribution in [3.05, 3.63) is 24.3 Å². The number of carbonyl (C=O) groups excluding carboxylic acids is 6. The molecule has 0 heterocycles. The van der Waals surface area contributed by atoms with Gasteiger partial charge in [0.15, 0.2) is 0 Å². The average molecular weight is 412 g/mol. The lowest BCUT2D eigenvalue weighted by Gasteiger charge is -2.16. The predicted octanol–water partition coefficient (Wildman–Crippen LogP) is -0.696. The van der Waals surface area contributed by atoms with E-state index in [1.54, 1.807) is 0 Å². The first-order valence-electron chi connectivity index (χ1n) is 8.37. The van der Waals surface area contributed by atoms with E-state index >= 15 is 0 Å². The molecule has 0 aliphatic carbocycles. The summed E-state index contributed by atoms with van der Waals surface area (Å²) in [6, 6.07) is -2.70. The summed E-state index contributed by atoms with van der Waals surface area (Å²) in [6.07, 6.45) is 4.51. The molecule has 0 aromatic carbocycles. The summed E-state index contributed by atoms with van der Waals surface area (Å²) in [4.78, 5) is 69.2. The Bertz CT molecular complexity index is 639. The van der Waals surface area contributed by atoms with Crippen molar-refractivity contribution in [2.75, 3.05) is 14.2 Å². The van der Waals surface area contributed by atoms with Crippen LogP contribution in [-0.2, 0) is 43.0 Å². The van der Waals surface area contributed by atoms with Crippen molar-refractivity contribution in [2.45, 2.75) is 38.8 Å². The first-order valence-corrected chi connectivity index (χ1v) is 8.37. The number of methoxy groups -OCH3 is 2. The molecule has 0 aliphatic heterocycles. The Morgan fingerprint density at radius 3 is 1.34 bits per heavy atom. The Hall–Kier alpha value is -3.50. The maximum Gasteiger partial charge on any atom is 0.340 e. The molecule has 0 radical (unpaired) electrons. The molecule has 0 spiro atoms. The van der Waals surface area contributed by atoms with Gasteiger partial charge in [-0.2, -0.15) is 0 Å². The van der Waals surface area contributed by atoms with E-state index in [-0.39, 0.29) is 12.8 Å². The van der Waals surface area contributed by atoms with Crippen LogP contribution in [0.5, 0.6) is 0 Å². The molecule has 29 heavy (non-hydrogen) atoms. The molecule has 0 bridgehead atoms. The van der Waals surface area contributed by atoms with E-state index in [2.05, 4.69) is 20.1 Å². The van der Waals surface area contributed by atoms with Gasteiger partial charge in [-0.05, 0) is 0 Å². The van der Waals surface area contributed by atoms with Gasteiger partial charge in [0, 0.05) is 13.8 Å². The van der Waals surface area contributed by atoms with Crippen molar-refractivity contribution in [3.63, 3.8) is 0 Å². The van der Waals surface area contributed by atoms with Crippen LogP contribution >= 0.6 is 0 Å². The van der Waals surface area contributed by atoms with Crippen molar-refractivity contribution < 1.29 is 43.0 Å². The number of nitrogens with one attached hydrogen (secondary N) is 2. The van der Waals surface area contributed by atoms with Crippen molar-refractivity contribution in [2.24, 2.45) is 0 Å². The van der Waals surface area contributed by atoms with Crippen LogP contribution in [-0.4, -0.2) is 62.0 Å². The summed E-state index contributed by atoms with van der Waals surface area (Å²) < 4.78 is 13.6. The van der Waals surface area contributed by atoms with Gasteiger partial charge >= 0.3 is 23.9 Å². The Labute approximate surface area is 167 Å². The molecule has 0 aromatic rings. The first-order chi connectivity index (χ1) is 13.6. The number of amides is 2. The molecule has 0 aliphatic rings. The summed E-state index contributed by atoms with van der Waals surface area (Å²) in [5.74, 6) is -4.59. The molecule has 11 heteroatoms. The lowest BCUT2D eigenvalue weighted by atomic mass is 10.2. The molecule has 2 amide bonds. The van der Waals surface area contributed by atoms with Gasteiger partial charge in [-0.1, -0.05) is 24.3 Å². The van der Waals surface area contributed by atoms with Crippen molar-refractivity contribution in [1.82, 2.24) is 10.6 Å². The van der Waals surface area contributed by atoms with Crippen molar-refractivity contribution in [1.29, 1.82) is 0 Å². The first kappa shape index (κ1) is 25.5. The highest BCUT2D eigenvalue weighted by Crippen LogP contribution is 2.01. The third kappa shape index (κ3) is 11.7. The molecule has 2 unspecified atom stereocenters. The highest BCUT2D eigenvalue weighted by atomic mass is 16.6. The molecule has 0 rings (SSSR count). The standard InChI is InChI=1S/C18H24N2O9/c1-11(21)19-13(7-5-9-15(23)27-3)17(25)29-18(26)14(20-12(2)22)8-6-10-16(24)28-4/h5-8,13-14H,9-10H2,1-4H3,(H,19,21)(H,20,22). The summed E-state index contributed by atoms with van der Waals surface area (Å²) in [5, 5.41) is 4.50. The number of rotatable bonds is 10. The fourth-order valence-electron chi connectivity index (χ4n) is 1.80. The normalized spacial score (nSPS) is 12.7. The maximum atomic E-state index is 12.2. The minimum atomic E-state index is -1.35. The predicted molar refractivity (Wildman–Crippen MR) is 97.9 cm³/mol. The number of carbonyl (C=O) groups is 6. The smallest absolute Gasteiger partial charge is 0.340 e. The Kier molecular flexibility index (Phi) is 12.0. The highest BCUT2D eigenvalue weighted by molar-refractivity contribution is 5.95. The monoisotopic (exact) mass is 412 g/mol. The van der Waals surface area contributed by atoms with Gasteiger partial charge in [0.25, 0.3) is 0 Å². The second kappa shape index (κ2) is 13.6. The fraction of sp³-hybridized carbons (Fsp3) is 0.444. The molecule has 0 aromatic heterocycles. The van der Waals surface area contributed by atoms with Crippen LogP contribution in [0.1, 0.15) is 26.7 Å². The number of hydrogen-bond donors (Lipinski definition) is 2. The van der Waals surface area contributed by atoms with E-state index in [4.69, 9.17) is 4.74 Å². The number of esters is 4. The Morgan fingerprint density at radius 2 is 1.07 bits per heavy atom. The van der Waals surface area contributed by atoms with Gasteiger partial charge in [0.2, 0.25) is 11.8 Å². The molecule has 160 valence electrons. The minimum absolute atomic E-state index is 0.168. The topological polar surface area (TPSA) is 154 Å². The van der Waals surface area contributed by atoms with Crippen LogP contribution in [0.3, 0.4) is 0 Å². The second-order valence-corrected chi connectivity index (χ2v) is 5.51. The summed E-state index contributed by atoms with van der Waals surface area (Å²) in [6.45, 7) is 2.29. The summed E-state index contributed by atoms with van der Waals surface area (Å²) >= 11 is 0. The van der Waals surface area contributed by atoms with Gasteiger partial charge < -0.3 is 24.8 Å². The van der Waals surface area contributed by atoms with E-state index in [1.165, 1.54) is 26.4 Å². The molecule has 2 atom stereocenters. The second-order valence-electron chi connectivity index (χ2n) is 5.51. The van der Waals surface area contributed by atoms with Crippen molar-refractivity contribution in [3.8, 4) is 0 Å². The average Bonchev–Trinajstić information content (AvgIpc) is 2.65. The van der Waals surface area contributed by atoms with Crippen LogP contribution in [0.4, 0.5) is 0 Å². The molecule has 2 N–H and O–H groups in total. The third-order valence-electron chi connectivity index (χ3n) is 3.11. The van der Waals surface area contributed by atoms with Crippen LogP contribution < -0.4 is 10.6 Å². The quantitative estimate of drug-likeness (QED) is 0.205. The zero-order valence-corrected chi connectivity index (χ0v) is 16.6. The van der Waals surface area contributed by atoms with E-state index in [0.717, 1.165) is 26.0 Å². The van der Waals surface area contributed by atoms with Gasteiger partial charge in [0.1, 0.15) is 12.1 Å². The van der Waals surface area contributed by atoms with Gasteiger partial charge in [-0.25, -0.2) is 9.59 Å². The zero-order chi connectivity index (χ0) is 22.4. The van der Waals surface area contributed by atoms with E-state index in [0.29, 0.717) is 0 Å². The molecule has 11 nitrogen and oxygen atoms in total. The van der Waals surface area contributed by atoms with Gasteiger partial charge in [0.05, 0.1) is 27.1 Å². The van der Waals surface area contributed by atoms with Crippen LogP contribution in [0, 0.1) is 0 Å². The molecular formula is C18H24N2O9. The lowest BCUT2D eigenvalue weighted by Crippen LogP contribution is -2.44. The molecule has 0 saturated carbocycles. The summed E-state index contributed by atoms with van der Waals surface area (Å²) in [5.41, 5.74) is 0. The number of hydrogen-bond acceptors (Lipinski definition) is 9. The van der Waals surface area contributed by atoms with Crippen molar-refractivity contribution >= 4 is 35.7 Å². The Balaban J connectivity index is 5.20. The lowest BCUT2D eigenvalue weighted by molar-refractivity contribution is -0.162. The number of ether oxygens (including phenoxy) is 3. The SMILES string of the molecule is COC(=O)CC=CC(NC(C)=O)C(=O)OC(=O)C(C=CCC(=O)OC)NC(C)=O. The fourth-order valence-corrected chi connectivity index (χ4v) is 1.80. The van der Waals surface area contributed by atoms with Crippen LogP contribution in [0.25, 0.3) is 0 Å². The van der Waals surface area contributed by atoms with Gasteiger partial charge in [-0.3, -0.25) is 19.2 Å². The third-order valence-corrected chi connectivity index (χ3v) is 3.11. The van der Waals surface area contributed by atoms with Gasteiger partial charge in [-0.15, -0.1) is 0 Å². The Morgan fingerprint density at radius 1 is 0.724 bits per heavy atom. The molecule has 0 saturated heterocycles. The maximum absolute atomic E-state index is 12.2. The van der Waals surface area contributed by atoms with E-state index in [1.807, 2.05) is 0 Å². The summed E-state index contributed by atoms with van der Waals surface area (Å²) in [7, 11) is 2.37. The van der Waals surface area contributed by atoms with E-state index < -0.39 is 47.8 Å². The molecular weight excluding hydrogens is 388 g/mol. The highest BCUT2D eigenvalue weighted by Gasteiger charge is 2.26. The van der Waals surface area contributed by atoms with Crippen LogP contribution in [0.2, 0.25) is 0 Å². The minimum Gasteiger partial charge on any atom is -0.469 e. The zero-order valence-electron chi connectivity index (χ0n) is 16.6. The largest absolute Gasteiger partial charge is 0.469 e.